The SMILES string of the molecule is CC.CCn1c(NC(CO)C(C)C)nc2c(ncn2Cc2ccc(F)cc2)c1=O. The van der Waals surface area contributed by atoms with Crippen LogP contribution in [0, 0.1) is 11.7 Å². The van der Waals surface area contributed by atoms with Gasteiger partial charge in [0.2, 0.25) is 5.95 Å². The molecular formula is C21H30FN5O2. The number of fused-ring (bicyclic) bond motifs is 1. The van der Waals surface area contributed by atoms with Gasteiger partial charge in [-0.05, 0) is 30.5 Å². The van der Waals surface area contributed by atoms with Crippen molar-refractivity contribution in [1.82, 2.24) is 19.1 Å². The van der Waals surface area contributed by atoms with Crippen molar-refractivity contribution in [2.24, 2.45) is 5.92 Å². The predicted molar refractivity (Wildman–Crippen MR) is 114 cm³/mol. The smallest absolute Gasteiger partial charge is 0.283 e. The Morgan fingerprint density at radius 1 is 1.21 bits per heavy atom. The Morgan fingerprint density at radius 2 is 1.86 bits per heavy atom. The van der Waals surface area contributed by atoms with Crippen molar-refractivity contribution in [2.45, 2.75) is 53.8 Å². The molecule has 1 atom stereocenters. The van der Waals surface area contributed by atoms with Gasteiger partial charge in [-0.3, -0.25) is 9.36 Å². The normalized spacial score (nSPS) is 12.0. The van der Waals surface area contributed by atoms with E-state index in [9.17, 15) is 14.3 Å². The molecule has 7 nitrogen and oxygen atoms in total. The van der Waals surface area contributed by atoms with E-state index in [1.54, 1.807) is 23.0 Å². The molecule has 0 saturated carbocycles. The Kier molecular flexibility index (Phi) is 7.90. The molecule has 0 bridgehead atoms. The predicted octanol–water partition coefficient (Wildman–Crippen LogP) is 3.26. The van der Waals surface area contributed by atoms with Gasteiger partial charge in [0.05, 0.1) is 25.5 Å². The second kappa shape index (κ2) is 10.2. The van der Waals surface area contributed by atoms with E-state index in [2.05, 4.69) is 15.3 Å². The molecule has 0 saturated heterocycles. The van der Waals surface area contributed by atoms with E-state index in [0.29, 0.717) is 24.7 Å². The standard InChI is InChI=1S/C19H24FN5O2.C2H6/c1-4-25-18(27)16-17(23-19(25)22-15(10-26)12(2)3)24(11-21-16)9-13-5-7-14(20)8-6-13;1-2/h5-8,11-12,15,26H,4,9-10H2,1-3H3,(H,22,23);1-2H3. The van der Waals surface area contributed by atoms with E-state index in [4.69, 9.17) is 0 Å². The number of nitrogens with zero attached hydrogens (tertiary/aromatic N) is 4. The van der Waals surface area contributed by atoms with Crippen LogP contribution in [-0.4, -0.2) is 36.9 Å². The molecule has 3 rings (SSSR count). The summed E-state index contributed by atoms with van der Waals surface area (Å²) in [6.07, 6.45) is 1.57. The summed E-state index contributed by atoms with van der Waals surface area (Å²) in [7, 11) is 0. The van der Waals surface area contributed by atoms with Gasteiger partial charge in [-0.1, -0.05) is 39.8 Å². The van der Waals surface area contributed by atoms with Crippen LogP contribution in [0.5, 0.6) is 0 Å². The lowest BCUT2D eigenvalue weighted by Gasteiger charge is -2.22. The summed E-state index contributed by atoms with van der Waals surface area (Å²) in [6.45, 7) is 10.6. The second-order valence-corrected chi connectivity index (χ2v) is 6.83. The average molecular weight is 404 g/mol. The fraction of sp³-hybridized carbons (Fsp3) is 0.476. The van der Waals surface area contributed by atoms with E-state index in [1.165, 1.54) is 16.7 Å². The Balaban J connectivity index is 0.00000145. The van der Waals surface area contributed by atoms with Gasteiger partial charge in [0.15, 0.2) is 11.2 Å². The lowest BCUT2D eigenvalue weighted by molar-refractivity contribution is 0.248. The van der Waals surface area contributed by atoms with Gasteiger partial charge in [-0.15, -0.1) is 0 Å². The number of rotatable bonds is 7. The number of anilines is 1. The molecule has 3 aromatic rings. The van der Waals surface area contributed by atoms with Gasteiger partial charge in [0, 0.05) is 6.54 Å². The summed E-state index contributed by atoms with van der Waals surface area (Å²) in [6, 6.07) is 5.95. The van der Waals surface area contributed by atoms with Gasteiger partial charge in [0.1, 0.15) is 5.82 Å². The lowest BCUT2D eigenvalue weighted by Crippen LogP contribution is -2.34. The highest BCUT2D eigenvalue weighted by Crippen LogP contribution is 2.15. The third-order valence-electron chi connectivity index (χ3n) is 4.62. The van der Waals surface area contributed by atoms with Crippen molar-refractivity contribution in [1.29, 1.82) is 0 Å². The third kappa shape index (κ3) is 5.00. The van der Waals surface area contributed by atoms with Crippen LogP contribution < -0.4 is 10.9 Å². The second-order valence-electron chi connectivity index (χ2n) is 6.83. The Hall–Kier alpha value is -2.74. The Labute approximate surface area is 170 Å². The van der Waals surface area contributed by atoms with Gasteiger partial charge >= 0.3 is 0 Å². The summed E-state index contributed by atoms with van der Waals surface area (Å²) in [5.74, 6) is 0.272. The van der Waals surface area contributed by atoms with Crippen LogP contribution in [0.2, 0.25) is 0 Å². The number of hydrogen-bond acceptors (Lipinski definition) is 5. The molecule has 1 aromatic carbocycles. The molecular weight excluding hydrogens is 373 g/mol. The van der Waals surface area contributed by atoms with Crippen LogP contribution in [0.15, 0.2) is 35.4 Å². The zero-order valence-electron chi connectivity index (χ0n) is 17.7. The largest absolute Gasteiger partial charge is 0.394 e. The Bertz CT molecular complexity index is 979. The first-order chi connectivity index (χ1) is 13.9. The van der Waals surface area contributed by atoms with Crippen molar-refractivity contribution in [3.05, 3.63) is 52.3 Å². The fourth-order valence-electron chi connectivity index (χ4n) is 2.92. The minimum Gasteiger partial charge on any atom is -0.394 e. The van der Waals surface area contributed by atoms with Gasteiger partial charge in [0.25, 0.3) is 5.56 Å². The first-order valence-electron chi connectivity index (χ1n) is 10.0. The summed E-state index contributed by atoms with van der Waals surface area (Å²) in [4.78, 5) is 21.7. The number of imidazole rings is 1. The van der Waals surface area contributed by atoms with Crippen LogP contribution in [0.3, 0.4) is 0 Å². The maximum atomic E-state index is 13.1. The van der Waals surface area contributed by atoms with Crippen molar-refractivity contribution < 1.29 is 9.50 Å². The molecule has 0 aliphatic rings. The summed E-state index contributed by atoms with van der Waals surface area (Å²) >= 11 is 0. The quantitative estimate of drug-likeness (QED) is 0.633. The monoisotopic (exact) mass is 403 g/mol. The first kappa shape index (κ1) is 22.5. The van der Waals surface area contributed by atoms with E-state index < -0.39 is 0 Å². The van der Waals surface area contributed by atoms with Crippen molar-refractivity contribution >= 4 is 17.1 Å². The molecule has 1 unspecified atom stereocenters. The number of aromatic nitrogens is 4. The number of hydrogen-bond donors (Lipinski definition) is 2. The van der Waals surface area contributed by atoms with Crippen LogP contribution >= 0.6 is 0 Å². The Morgan fingerprint density at radius 3 is 2.41 bits per heavy atom. The van der Waals surface area contributed by atoms with Gasteiger partial charge in [-0.2, -0.15) is 4.98 Å². The molecule has 0 fully saturated rings. The number of halogens is 1. The van der Waals surface area contributed by atoms with E-state index in [-0.39, 0.29) is 35.5 Å². The highest BCUT2D eigenvalue weighted by Gasteiger charge is 2.19. The molecule has 158 valence electrons. The topological polar surface area (TPSA) is 85.0 Å². The molecule has 0 radical (unpaired) electrons. The van der Waals surface area contributed by atoms with Gasteiger partial charge < -0.3 is 15.0 Å². The summed E-state index contributed by atoms with van der Waals surface area (Å²) in [5.41, 5.74) is 1.39. The van der Waals surface area contributed by atoms with Crippen LogP contribution in [0.4, 0.5) is 10.3 Å². The fourth-order valence-corrected chi connectivity index (χ4v) is 2.92. The molecule has 29 heavy (non-hydrogen) atoms. The van der Waals surface area contributed by atoms with Crippen LogP contribution in [0.1, 0.15) is 40.2 Å². The number of aliphatic hydroxyl groups is 1. The van der Waals surface area contributed by atoms with Gasteiger partial charge in [-0.25, -0.2) is 9.37 Å². The third-order valence-corrected chi connectivity index (χ3v) is 4.62. The number of nitrogens with one attached hydrogen (secondary N) is 1. The highest BCUT2D eigenvalue weighted by molar-refractivity contribution is 5.71. The average Bonchev–Trinajstić information content (AvgIpc) is 3.12. The first-order valence-corrected chi connectivity index (χ1v) is 10.0. The van der Waals surface area contributed by atoms with Crippen LogP contribution in [-0.2, 0) is 13.1 Å². The van der Waals surface area contributed by atoms with E-state index in [1.807, 2.05) is 34.6 Å². The van der Waals surface area contributed by atoms with Crippen LogP contribution in [0.25, 0.3) is 11.2 Å². The molecule has 0 aliphatic heterocycles. The van der Waals surface area contributed by atoms with Crippen molar-refractivity contribution in [3.8, 4) is 0 Å². The molecule has 0 aliphatic carbocycles. The van der Waals surface area contributed by atoms with E-state index in [0.717, 1.165) is 5.56 Å². The summed E-state index contributed by atoms with van der Waals surface area (Å²) < 4.78 is 16.4. The zero-order valence-corrected chi connectivity index (χ0v) is 17.7. The highest BCUT2D eigenvalue weighted by atomic mass is 19.1. The summed E-state index contributed by atoms with van der Waals surface area (Å²) in [5, 5.41) is 12.8. The minimum absolute atomic E-state index is 0.0653. The molecule has 2 aromatic heterocycles. The van der Waals surface area contributed by atoms with E-state index >= 15 is 0 Å². The number of benzene rings is 1. The van der Waals surface area contributed by atoms with Crippen molar-refractivity contribution in [2.75, 3.05) is 11.9 Å². The molecule has 0 amide bonds. The molecule has 0 spiro atoms. The molecule has 2 N–H and O–H groups in total. The maximum Gasteiger partial charge on any atom is 0.283 e. The van der Waals surface area contributed by atoms with Crippen molar-refractivity contribution in [3.63, 3.8) is 0 Å². The number of aliphatic hydroxyl groups excluding tert-OH is 1. The molecule has 2 heterocycles. The molecule has 8 heteroatoms. The minimum atomic E-state index is -0.298. The zero-order chi connectivity index (χ0) is 21.6. The lowest BCUT2D eigenvalue weighted by atomic mass is 10.1. The maximum absolute atomic E-state index is 13.1.